The maximum atomic E-state index is 12.9. The van der Waals surface area contributed by atoms with Crippen LogP contribution >= 0.6 is 0 Å². The predicted molar refractivity (Wildman–Crippen MR) is 125 cm³/mol. The van der Waals surface area contributed by atoms with E-state index in [0.29, 0.717) is 24.8 Å². The Morgan fingerprint density at radius 2 is 1.70 bits per heavy atom. The van der Waals surface area contributed by atoms with Gasteiger partial charge < -0.3 is 23.9 Å². The highest BCUT2D eigenvalue weighted by Gasteiger charge is 2.29. The molecule has 2 amide bonds. The number of benzene rings is 2. The number of hydrogen-bond acceptors (Lipinski definition) is 6. The van der Waals surface area contributed by atoms with Crippen molar-refractivity contribution < 1.29 is 26.9 Å². The summed E-state index contributed by atoms with van der Waals surface area (Å²) >= 11 is 0. The molecule has 3 rings (SSSR count). The zero-order valence-corrected chi connectivity index (χ0v) is 20.6. The van der Waals surface area contributed by atoms with Crippen LogP contribution in [-0.2, 0) is 16.7 Å². The number of nitrogens with one attached hydrogen (secondary N) is 1. The van der Waals surface area contributed by atoms with Crippen LogP contribution in [0.3, 0.4) is 0 Å². The molecule has 0 spiro atoms. The van der Waals surface area contributed by atoms with Crippen molar-refractivity contribution >= 4 is 16.1 Å². The maximum absolute atomic E-state index is 12.9. The molecule has 180 valence electrons. The quantitative estimate of drug-likeness (QED) is 0.546. The molecule has 8 nitrogen and oxygen atoms in total. The van der Waals surface area contributed by atoms with Gasteiger partial charge in [0.1, 0.15) is 10.6 Å². The Hall–Kier alpha value is -2.94. The number of rotatable bonds is 9. The SMILES string of the molecule is COc1ccc(S(=O)(=O)Oc2cc(CN(CC3CC3)C(=O)NC(C)(C)C)ccc2OC)cc1. The van der Waals surface area contributed by atoms with E-state index in [4.69, 9.17) is 13.7 Å². The van der Waals surface area contributed by atoms with Crippen molar-refractivity contribution in [2.45, 2.75) is 50.6 Å². The minimum absolute atomic E-state index is 0.00401. The lowest BCUT2D eigenvalue weighted by Crippen LogP contribution is -2.48. The van der Waals surface area contributed by atoms with Crippen LogP contribution in [0.4, 0.5) is 4.79 Å². The molecule has 2 aromatic rings. The minimum atomic E-state index is -4.09. The standard InChI is InChI=1S/C24H32N2O6S/c1-24(2,3)25-23(27)26(15-17-6-7-17)16-18-8-13-21(31-5)22(14-18)32-33(28,29)20-11-9-19(30-4)10-12-20/h8-14,17H,6-7,15-16H2,1-5H3,(H,25,27). The molecule has 1 N–H and O–H groups in total. The average Bonchev–Trinajstić information content (AvgIpc) is 3.56. The Morgan fingerprint density at radius 3 is 2.24 bits per heavy atom. The average molecular weight is 477 g/mol. The van der Waals surface area contributed by atoms with Gasteiger partial charge in [0.15, 0.2) is 11.5 Å². The van der Waals surface area contributed by atoms with E-state index in [1.807, 2.05) is 20.8 Å². The van der Waals surface area contributed by atoms with Crippen molar-refractivity contribution in [3.8, 4) is 17.2 Å². The summed E-state index contributed by atoms with van der Waals surface area (Å²) in [5, 5.41) is 3.00. The third-order valence-electron chi connectivity index (χ3n) is 5.09. The Kier molecular flexibility index (Phi) is 7.41. The van der Waals surface area contributed by atoms with E-state index in [1.54, 1.807) is 35.2 Å². The Morgan fingerprint density at radius 1 is 1.03 bits per heavy atom. The molecule has 1 aliphatic carbocycles. The van der Waals surface area contributed by atoms with Gasteiger partial charge in [0, 0.05) is 18.6 Å². The largest absolute Gasteiger partial charge is 0.497 e. The molecule has 0 heterocycles. The first-order valence-corrected chi connectivity index (χ1v) is 12.2. The molecule has 0 radical (unpaired) electrons. The Labute approximate surface area is 196 Å². The van der Waals surface area contributed by atoms with E-state index in [2.05, 4.69) is 5.32 Å². The second-order valence-electron chi connectivity index (χ2n) is 9.20. The van der Waals surface area contributed by atoms with Gasteiger partial charge in [0.05, 0.1) is 14.2 Å². The topological polar surface area (TPSA) is 94.2 Å². The predicted octanol–water partition coefficient (Wildman–Crippen LogP) is 4.19. The van der Waals surface area contributed by atoms with Crippen LogP contribution < -0.4 is 19.0 Å². The third kappa shape index (κ3) is 7.02. The first kappa shape index (κ1) is 24.7. The maximum Gasteiger partial charge on any atom is 0.339 e. The third-order valence-corrected chi connectivity index (χ3v) is 6.34. The molecule has 1 aliphatic rings. The summed E-state index contributed by atoms with van der Waals surface area (Å²) in [5.41, 5.74) is 0.375. The lowest BCUT2D eigenvalue weighted by Gasteiger charge is -2.29. The van der Waals surface area contributed by atoms with E-state index < -0.39 is 10.1 Å². The minimum Gasteiger partial charge on any atom is -0.497 e. The number of nitrogens with zero attached hydrogens (tertiary/aromatic N) is 1. The number of methoxy groups -OCH3 is 2. The molecule has 1 fully saturated rings. The van der Waals surface area contributed by atoms with Gasteiger partial charge >= 0.3 is 16.1 Å². The summed E-state index contributed by atoms with van der Waals surface area (Å²) in [4.78, 5) is 14.6. The molecular weight excluding hydrogens is 444 g/mol. The summed E-state index contributed by atoms with van der Waals surface area (Å²) in [7, 11) is -1.15. The highest BCUT2D eigenvalue weighted by Crippen LogP contribution is 2.33. The van der Waals surface area contributed by atoms with E-state index in [9.17, 15) is 13.2 Å². The number of carbonyl (C=O) groups excluding carboxylic acids is 1. The van der Waals surface area contributed by atoms with Gasteiger partial charge in [-0.3, -0.25) is 0 Å². The van der Waals surface area contributed by atoms with Crippen LogP contribution in [0.1, 0.15) is 39.2 Å². The number of urea groups is 1. The second kappa shape index (κ2) is 9.91. The molecule has 0 bridgehead atoms. The summed E-state index contributed by atoms with van der Waals surface area (Å²) in [5.74, 6) is 1.38. The lowest BCUT2D eigenvalue weighted by molar-refractivity contribution is 0.183. The van der Waals surface area contributed by atoms with Gasteiger partial charge in [0.2, 0.25) is 0 Å². The van der Waals surface area contributed by atoms with E-state index in [1.165, 1.54) is 26.4 Å². The van der Waals surface area contributed by atoms with Crippen LogP contribution in [0.5, 0.6) is 17.2 Å². The number of carbonyl (C=O) groups is 1. The number of amides is 2. The van der Waals surface area contributed by atoms with Gasteiger partial charge in [-0.05, 0) is 81.5 Å². The zero-order valence-electron chi connectivity index (χ0n) is 19.8. The highest BCUT2D eigenvalue weighted by molar-refractivity contribution is 7.87. The van der Waals surface area contributed by atoms with Gasteiger partial charge in [0.25, 0.3) is 0 Å². The van der Waals surface area contributed by atoms with Crippen LogP contribution in [0.2, 0.25) is 0 Å². The smallest absolute Gasteiger partial charge is 0.339 e. The molecule has 1 saturated carbocycles. The molecule has 0 atom stereocenters. The van der Waals surface area contributed by atoms with Crippen LogP contribution in [0.15, 0.2) is 47.4 Å². The molecular formula is C24H32N2O6S. The summed E-state index contributed by atoms with van der Waals surface area (Å²) in [6.07, 6.45) is 2.22. The molecule has 0 unspecified atom stereocenters. The second-order valence-corrected chi connectivity index (χ2v) is 10.7. The Bertz CT molecular complexity index is 1070. The summed E-state index contributed by atoms with van der Waals surface area (Å²) in [6.45, 7) is 6.77. The van der Waals surface area contributed by atoms with Gasteiger partial charge in [-0.15, -0.1) is 0 Å². The first-order valence-electron chi connectivity index (χ1n) is 10.8. The van der Waals surface area contributed by atoms with Crippen molar-refractivity contribution in [3.05, 3.63) is 48.0 Å². The fourth-order valence-corrected chi connectivity index (χ4v) is 4.18. The van der Waals surface area contributed by atoms with Crippen LogP contribution in [-0.4, -0.2) is 45.7 Å². The van der Waals surface area contributed by atoms with Crippen molar-refractivity contribution in [3.63, 3.8) is 0 Å². The molecule has 0 aromatic heterocycles. The first-order chi connectivity index (χ1) is 15.5. The summed E-state index contributed by atoms with van der Waals surface area (Å²) < 4.78 is 41.5. The normalized spacial score (nSPS) is 13.8. The fraction of sp³-hybridized carbons (Fsp3) is 0.458. The summed E-state index contributed by atoms with van der Waals surface area (Å²) in [6, 6.07) is 10.8. The monoisotopic (exact) mass is 476 g/mol. The molecule has 0 saturated heterocycles. The van der Waals surface area contributed by atoms with Gasteiger partial charge in [-0.1, -0.05) is 6.07 Å². The van der Waals surface area contributed by atoms with Crippen LogP contribution in [0.25, 0.3) is 0 Å². The van der Waals surface area contributed by atoms with Crippen molar-refractivity contribution in [2.24, 2.45) is 5.92 Å². The van der Waals surface area contributed by atoms with Gasteiger partial charge in [-0.25, -0.2) is 4.79 Å². The van der Waals surface area contributed by atoms with E-state index in [-0.39, 0.29) is 28.0 Å². The molecule has 0 aliphatic heterocycles. The number of ether oxygens (including phenoxy) is 2. The molecule has 9 heteroatoms. The molecule has 2 aromatic carbocycles. The van der Waals surface area contributed by atoms with Crippen molar-refractivity contribution in [2.75, 3.05) is 20.8 Å². The lowest BCUT2D eigenvalue weighted by atomic mass is 10.1. The Balaban J connectivity index is 1.83. The van der Waals surface area contributed by atoms with Crippen molar-refractivity contribution in [1.29, 1.82) is 0 Å². The molecule has 33 heavy (non-hydrogen) atoms. The number of hydrogen-bond donors (Lipinski definition) is 1. The zero-order chi connectivity index (χ0) is 24.2. The van der Waals surface area contributed by atoms with E-state index in [0.717, 1.165) is 18.4 Å². The van der Waals surface area contributed by atoms with Gasteiger partial charge in [-0.2, -0.15) is 8.42 Å². The highest BCUT2D eigenvalue weighted by atomic mass is 32.2. The fourth-order valence-electron chi connectivity index (χ4n) is 3.24. The van der Waals surface area contributed by atoms with Crippen molar-refractivity contribution in [1.82, 2.24) is 10.2 Å². The van der Waals surface area contributed by atoms with E-state index >= 15 is 0 Å². The van der Waals surface area contributed by atoms with Crippen LogP contribution in [0, 0.1) is 5.92 Å².